The van der Waals surface area contributed by atoms with Crippen molar-refractivity contribution >= 4 is 6.29 Å². The van der Waals surface area contributed by atoms with E-state index in [0.717, 1.165) is 10.9 Å². The van der Waals surface area contributed by atoms with Gasteiger partial charge in [-0.25, -0.2) is 0 Å². The Kier molecular flexibility index (Phi) is 12.0. The zero-order valence-corrected chi connectivity index (χ0v) is 12.7. The molecule has 77 valence electrons. The van der Waals surface area contributed by atoms with Crippen LogP contribution >= 0.6 is 0 Å². The Balaban J connectivity index is -0.000000150. The van der Waals surface area contributed by atoms with Gasteiger partial charge in [-0.05, 0) is 0 Å². The summed E-state index contributed by atoms with van der Waals surface area (Å²) >= 11 is 0. The summed E-state index contributed by atoms with van der Waals surface area (Å²) in [7, 11) is 9.75. The van der Waals surface area contributed by atoms with Crippen LogP contribution in [0.25, 0.3) is 0 Å². The Morgan fingerprint density at radius 2 is 1.54 bits per heavy atom. The van der Waals surface area contributed by atoms with Crippen molar-refractivity contribution < 1.29 is 42.0 Å². The molecule has 0 rings (SSSR count). The second kappa shape index (κ2) is 8.08. The van der Waals surface area contributed by atoms with Gasteiger partial charge in [-0.1, -0.05) is 27.2 Å². The van der Waals surface area contributed by atoms with Crippen LogP contribution in [0.4, 0.5) is 0 Å². The molecule has 2 nitrogen and oxygen atoms in total. The summed E-state index contributed by atoms with van der Waals surface area (Å²) in [6, 6.07) is 0. The first-order valence-electron chi connectivity index (χ1n) is 4.17. The van der Waals surface area contributed by atoms with Gasteiger partial charge in [0.2, 0.25) is 0 Å². The van der Waals surface area contributed by atoms with Crippen LogP contribution in [0.5, 0.6) is 0 Å². The zero-order chi connectivity index (χ0) is 10.4. The number of hydrogen-bond donors (Lipinski definition) is 0. The molecule has 0 aliphatic rings. The van der Waals surface area contributed by atoms with Crippen LogP contribution in [0.1, 0.15) is 27.2 Å². The number of nitrogens with zero attached hydrogens (tertiary/aromatic N) is 1. The van der Waals surface area contributed by atoms with Crippen molar-refractivity contribution in [1.82, 2.24) is 0 Å². The van der Waals surface area contributed by atoms with E-state index in [4.69, 9.17) is 0 Å². The monoisotopic (exact) mass is 261 g/mol. The largest absolute Gasteiger partial charge is 0.541 e. The van der Waals surface area contributed by atoms with Crippen molar-refractivity contribution in [3.8, 4) is 0 Å². The molecule has 0 aliphatic heterocycles. The maximum Gasteiger partial charge on any atom is 0.0434 e. The van der Waals surface area contributed by atoms with Crippen molar-refractivity contribution in [3.63, 3.8) is 0 Å². The topological polar surface area (TPSA) is 17.1 Å². The third-order valence-corrected chi connectivity index (χ3v) is 1.16. The van der Waals surface area contributed by atoms with Gasteiger partial charge in [0.15, 0.2) is 0 Å². The maximum absolute atomic E-state index is 9.93. The van der Waals surface area contributed by atoms with E-state index in [2.05, 4.69) is 7.05 Å². The molecular formula is C10H22NOY-. The van der Waals surface area contributed by atoms with Crippen LogP contribution in [-0.2, 0) is 37.5 Å². The van der Waals surface area contributed by atoms with Crippen LogP contribution in [0.2, 0.25) is 0 Å². The predicted molar refractivity (Wildman–Crippen MR) is 53.2 cm³/mol. The summed E-state index contributed by atoms with van der Waals surface area (Å²) in [5.74, 6) is 0. The van der Waals surface area contributed by atoms with Gasteiger partial charge in [-0.15, -0.1) is 12.5 Å². The minimum Gasteiger partial charge on any atom is -0.541 e. The first-order valence-corrected chi connectivity index (χ1v) is 4.17. The van der Waals surface area contributed by atoms with Crippen LogP contribution in [-0.4, -0.2) is 31.9 Å². The summed E-state index contributed by atoms with van der Waals surface area (Å²) in [5.41, 5.74) is -0.222. The normalized spacial score (nSPS) is 10.7. The van der Waals surface area contributed by atoms with Crippen LogP contribution in [0, 0.1) is 12.5 Å². The van der Waals surface area contributed by atoms with E-state index < -0.39 is 0 Å². The minimum absolute atomic E-state index is 0. The molecule has 0 spiro atoms. The van der Waals surface area contributed by atoms with Gasteiger partial charge in [-0.3, -0.25) is 6.29 Å². The number of rotatable bonds is 2. The van der Waals surface area contributed by atoms with E-state index in [1.165, 1.54) is 0 Å². The van der Waals surface area contributed by atoms with Crippen molar-refractivity contribution in [2.75, 3.05) is 21.1 Å². The second-order valence-electron chi connectivity index (χ2n) is 4.63. The van der Waals surface area contributed by atoms with Gasteiger partial charge in [0.1, 0.15) is 0 Å². The smallest absolute Gasteiger partial charge is 0.0434 e. The summed E-state index contributed by atoms with van der Waals surface area (Å²) in [6.07, 6.45) is 2.81. The fraction of sp³-hybridized carbons (Fsp3) is 0.800. The Hall–Kier alpha value is 0.734. The Morgan fingerprint density at radius 1 is 1.31 bits per heavy atom. The third kappa shape index (κ3) is 32.4. The molecule has 0 saturated heterocycles. The zero-order valence-electron chi connectivity index (χ0n) is 9.85. The molecule has 0 unspecified atom stereocenters. The molecule has 0 aromatic rings. The molecule has 0 amide bonds. The van der Waals surface area contributed by atoms with Crippen LogP contribution < -0.4 is 0 Å². The van der Waals surface area contributed by atoms with E-state index in [9.17, 15) is 4.79 Å². The summed E-state index contributed by atoms with van der Waals surface area (Å²) in [6.45, 7) is 5.73. The molecule has 0 aromatic carbocycles. The molecule has 0 N–H and O–H groups in total. The summed E-state index contributed by atoms with van der Waals surface area (Å²) in [4.78, 5) is 9.93. The molecule has 0 heterocycles. The summed E-state index contributed by atoms with van der Waals surface area (Å²) in [5, 5.41) is 0. The van der Waals surface area contributed by atoms with Gasteiger partial charge < -0.3 is 9.28 Å². The van der Waals surface area contributed by atoms with Crippen molar-refractivity contribution in [3.05, 3.63) is 7.05 Å². The average molecular weight is 261 g/mol. The van der Waals surface area contributed by atoms with Gasteiger partial charge >= 0.3 is 0 Å². The maximum atomic E-state index is 9.93. The Bertz CT molecular complexity index is 121. The van der Waals surface area contributed by atoms with Gasteiger partial charge in [-0.2, -0.15) is 0 Å². The predicted octanol–water partition coefficient (Wildman–Crippen LogP) is 2.01. The standard InChI is InChI=1S/C6H11O.C4H11N.Y/c1-4-6(2,3)5-7;1-5(2,3)4;/h4H2,1-3H3;1H2,2-4H3;/q-1;;. The second-order valence-corrected chi connectivity index (χ2v) is 4.63. The molecule has 0 saturated carbocycles. The van der Waals surface area contributed by atoms with Gasteiger partial charge in [0, 0.05) is 53.9 Å². The number of hydrogen-bond acceptors (Lipinski definition) is 1. The molecule has 0 atom stereocenters. The number of carbonyl (C=O) groups excluding carboxylic acids is 1. The third-order valence-electron chi connectivity index (χ3n) is 1.16. The van der Waals surface area contributed by atoms with Crippen molar-refractivity contribution in [2.45, 2.75) is 27.2 Å². The first-order chi connectivity index (χ1) is 5.12. The van der Waals surface area contributed by atoms with E-state index in [1.54, 1.807) is 0 Å². The molecule has 1 radical (unpaired) electrons. The molecule has 0 aliphatic carbocycles. The van der Waals surface area contributed by atoms with Gasteiger partial charge in [0.05, 0.1) is 0 Å². The van der Waals surface area contributed by atoms with Crippen LogP contribution in [0.15, 0.2) is 0 Å². The fourth-order valence-corrected chi connectivity index (χ4v) is 0.0722. The Morgan fingerprint density at radius 3 is 1.54 bits per heavy atom. The van der Waals surface area contributed by atoms with Gasteiger partial charge in [0.25, 0.3) is 0 Å². The van der Waals surface area contributed by atoms with E-state index >= 15 is 0 Å². The van der Waals surface area contributed by atoms with E-state index in [1.807, 2.05) is 48.2 Å². The first kappa shape index (κ1) is 19.3. The minimum atomic E-state index is -0.222. The Labute approximate surface area is 109 Å². The molecule has 13 heavy (non-hydrogen) atoms. The van der Waals surface area contributed by atoms with E-state index in [0.29, 0.717) is 0 Å². The molecule has 0 fully saturated rings. The SMILES string of the molecule is CCC(C)(C)[C-]=O.[CH2-][N+](C)(C)C.[Y]. The molecule has 3 heteroatoms. The molecule has 0 aromatic heterocycles. The average Bonchev–Trinajstić information content (AvgIpc) is 1.85. The number of quaternary nitrogens is 1. The summed E-state index contributed by atoms with van der Waals surface area (Å²) < 4.78 is 0.750. The fourth-order valence-electron chi connectivity index (χ4n) is 0.0722. The van der Waals surface area contributed by atoms with Crippen molar-refractivity contribution in [1.29, 1.82) is 0 Å². The molecule has 0 bridgehead atoms. The van der Waals surface area contributed by atoms with E-state index in [-0.39, 0.29) is 38.1 Å². The molecular weight excluding hydrogens is 239 g/mol. The van der Waals surface area contributed by atoms with Crippen LogP contribution in [0.3, 0.4) is 0 Å². The van der Waals surface area contributed by atoms with Crippen molar-refractivity contribution in [2.24, 2.45) is 5.41 Å². The quantitative estimate of drug-likeness (QED) is 0.549.